The molecule has 2 rings (SSSR count). The summed E-state index contributed by atoms with van der Waals surface area (Å²) in [7, 11) is 3.50. The lowest BCUT2D eigenvalue weighted by atomic mass is 10.4. The first-order valence-electron chi connectivity index (χ1n) is 5.04. The number of methoxy groups -OCH3 is 1. The van der Waals surface area contributed by atoms with Crippen molar-refractivity contribution < 1.29 is 9.53 Å². The van der Waals surface area contributed by atoms with E-state index in [1.54, 1.807) is 13.4 Å². The van der Waals surface area contributed by atoms with Crippen LogP contribution in [0.25, 0.3) is 0 Å². The predicted molar refractivity (Wildman–Crippen MR) is 54.4 cm³/mol. The second-order valence-electron chi connectivity index (χ2n) is 3.73. The van der Waals surface area contributed by atoms with Crippen molar-refractivity contribution in [1.29, 1.82) is 0 Å². The van der Waals surface area contributed by atoms with Crippen LogP contribution in [0.5, 0.6) is 5.88 Å². The van der Waals surface area contributed by atoms with E-state index in [2.05, 4.69) is 4.98 Å². The molecule has 1 aromatic rings. The number of ether oxygens (including phenoxy) is 1. The predicted octanol–water partition coefficient (Wildman–Crippen LogP) is 0.551. The molecule has 0 atom stereocenters. The van der Waals surface area contributed by atoms with Gasteiger partial charge in [0.05, 0.1) is 20.0 Å². The number of amides is 1. The smallest absolute Gasteiger partial charge is 0.236 e. The number of aryl methyl sites for hydroxylation is 1. The summed E-state index contributed by atoms with van der Waals surface area (Å²) in [6.07, 6.45) is 3.33. The number of imidazole rings is 1. The van der Waals surface area contributed by atoms with Gasteiger partial charge in [-0.25, -0.2) is 4.98 Å². The van der Waals surface area contributed by atoms with E-state index in [0.717, 1.165) is 18.7 Å². The summed E-state index contributed by atoms with van der Waals surface area (Å²) in [4.78, 5) is 17.4. The van der Waals surface area contributed by atoms with Crippen molar-refractivity contribution in [3.8, 4) is 5.88 Å². The highest BCUT2D eigenvalue weighted by atomic mass is 16.5. The van der Waals surface area contributed by atoms with Gasteiger partial charge in [-0.3, -0.25) is 4.79 Å². The van der Waals surface area contributed by atoms with Gasteiger partial charge in [0.25, 0.3) is 0 Å². The van der Waals surface area contributed by atoms with Gasteiger partial charge in [0.2, 0.25) is 11.8 Å². The van der Waals surface area contributed by atoms with Crippen LogP contribution in [0.15, 0.2) is 6.33 Å². The van der Waals surface area contributed by atoms with Crippen LogP contribution in [0, 0.1) is 0 Å². The van der Waals surface area contributed by atoms with Crippen LogP contribution >= 0.6 is 0 Å². The number of likely N-dealkylation sites (tertiary alicyclic amines) is 1. The Kier molecular flexibility index (Phi) is 2.62. The van der Waals surface area contributed by atoms with E-state index in [4.69, 9.17) is 4.74 Å². The molecule has 1 saturated heterocycles. The molecule has 2 heterocycles. The molecule has 0 aromatic carbocycles. The highest BCUT2D eigenvalue weighted by Crippen LogP contribution is 2.20. The molecule has 0 bridgehead atoms. The molecule has 1 aliphatic rings. The van der Waals surface area contributed by atoms with Gasteiger partial charge in [0, 0.05) is 20.0 Å². The Morgan fingerprint density at radius 1 is 1.60 bits per heavy atom. The zero-order chi connectivity index (χ0) is 10.8. The highest BCUT2D eigenvalue weighted by Gasteiger charge is 2.22. The van der Waals surface area contributed by atoms with Gasteiger partial charge >= 0.3 is 0 Å². The van der Waals surface area contributed by atoms with Crippen molar-refractivity contribution in [1.82, 2.24) is 14.5 Å². The maximum atomic E-state index is 11.5. The molecule has 1 aromatic heterocycles. The maximum Gasteiger partial charge on any atom is 0.236 e. The molecule has 82 valence electrons. The Morgan fingerprint density at radius 2 is 2.40 bits per heavy atom. The van der Waals surface area contributed by atoms with Gasteiger partial charge in [0.1, 0.15) is 5.69 Å². The van der Waals surface area contributed by atoms with E-state index < -0.39 is 0 Å². The average Bonchev–Trinajstić information content (AvgIpc) is 2.77. The number of hydrogen-bond donors (Lipinski definition) is 0. The lowest BCUT2D eigenvalue weighted by Crippen LogP contribution is -2.25. The van der Waals surface area contributed by atoms with Gasteiger partial charge < -0.3 is 14.2 Å². The Hall–Kier alpha value is -1.52. The molecule has 5 nitrogen and oxygen atoms in total. The third kappa shape index (κ3) is 1.82. The van der Waals surface area contributed by atoms with E-state index in [-0.39, 0.29) is 5.91 Å². The second kappa shape index (κ2) is 3.92. The summed E-state index contributed by atoms with van der Waals surface area (Å²) in [5, 5.41) is 0. The zero-order valence-electron chi connectivity index (χ0n) is 9.06. The number of carbonyl (C=O) groups is 1. The van der Waals surface area contributed by atoms with Crippen molar-refractivity contribution in [3.63, 3.8) is 0 Å². The molecule has 15 heavy (non-hydrogen) atoms. The van der Waals surface area contributed by atoms with Gasteiger partial charge in [-0.15, -0.1) is 0 Å². The summed E-state index contributed by atoms with van der Waals surface area (Å²) in [5.41, 5.74) is 0.952. The molecule has 0 unspecified atom stereocenters. The van der Waals surface area contributed by atoms with E-state index in [0.29, 0.717) is 18.8 Å². The van der Waals surface area contributed by atoms with E-state index >= 15 is 0 Å². The number of aromatic nitrogens is 2. The molecular weight excluding hydrogens is 194 g/mol. The van der Waals surface area contributed by atoms with Gasteiger partial charge in [-0.2, -0.15) is 0 Å². The Morgan fingerprint density at radius 3 is 3.00 bits per heavy atom. The SMILES string of the molecule is COc1ncn(C)c1CN1CCCC1=O. The Balaban J connectivity index is 2.15. The van der Waals surface area contributed by atoms with Crippen molar-refractivity contribution in [3.05, 3.63) is 12.0 Å². The van der Waals surface area contributed by atoms with E-state index in [1.807, 2.05) is 16.5 Å². The third-order valence-electron chi connectivity index (χ3n) is 2.73. The number of nitrogens with zero attached hydrogens (tertiary/aromatic N) is 3. The first-order chi connectivity index (χ1) is 7.22. The zero-order valence-corrected chi connectivity index (χ0v) is 9.06. The van der Waals surface area contributed by atoms with Crippen molar-refractivity contribution >= 4 is 5.91 Å². The summed E-state index contributed by atoms with van der Waals surface area (Å²) >= 11 is 0. The molecule has 1 fully saturated rings. The number of hydrogen-bond acceptors (Lipinski definition) is 3. The fourth-order valence-corrected chi connectivity index (χ4v) is 1.84. The van der Waals surface area contributed by atoms with Gasteiger partial charge in [-0.05, 0) is 6.42 Å². The van der Waals surface area contributed by atoms with Crippen LogP contribution < -0.4 is 4.74 Å². The molecule has 5 heteroatoms. The average molecular weight is 209 g/mol. The first-order valence-corrected chi connectivity index (χ1v) is 5.04. The topological polar surface area (TPSA) is 47.4 Å². The summed E-state index contributed by atoms with van der Waals surface area (Å²) in [6, 6.07) is 0. The van der Waals surface area contributed by atoms with E-state index in [1.165, 1.54) is 0 Å². The number of carbonyl (C=O) groups excluding carboxylic acids is 1. The molecule has 0 aliphatic carbocycles. The summed E-state index contributed by atoms with van der Waals surface area (Å²) in [5.74, 6) is 0.829. The molecule has 0 N–H and O–H groups in total. The minimum absolute atomic E-state index is 0.221. The standard InChI is InChI=1S/C10H15N3O2/c1-12-7-11-10(15-2)8(12)6-13-5-3-4-9(13)14/h7H,3-6H2,1-2H3. The monoisotopic (exact) mass is 209 g/mol. The lowest BCUT2D eigenvalue weighted by Gasteiger charge is -2.16. The first kappa shape index (κ1) is 10.0. The molecular formula is C10H15N3O2. The third-order valence-corrected chi connectivity index (χ3v) is 2.73. The molecule has 0 radical (unpaired) electrons. The van der Waals surface area contributed by atoms with Crippen LogP contribution in [-0.4, -0.2) is 34.0 Å². The van der Waals surface area contributed by atoms with Gasteiger partial charge in [0.15, 0.2) is 0 Å². The summed E-state index contributed by atoms with van der Waals surface area (Å²) < 4.78 is 7.04. The van der Waals surface area contributed by atoms with Crippen LogP contribution in [0.4, 0.5) is 0 Å². The quantitative estimate of drug-likeness (QED) is 0.730. The summed E-state index contributed by atoms with van der Waals surface area (Å²) in [6.45, 7) is 1.44. The molecule has 0 saturated carbocycles. The fourth-order valence-electron chi connectivity index (χ4n) is 1.84. The van der Waals surface area contributed by atoms with Crippen LogP contribution in [-0.2, 0) is 18.4 Å². The second-order valence-corrected chi connectivity index (χ2v) is 3.73. The minimum Gasteiger partial charge on any atom is -0.480 e. The van der Waals surface area contributed by atoms with Crippen molar-refractivity contribution in [2.24, 2.45) is 7.05 Å². The van der Waals surface area contributed by atoms with Crippen LogP contribution in [0.3, 0.4) is 0 Å². The van der Waals surface area contributed by atoms with Gasteiger partial charge in [-0.1, -0.05) is 0 Å². The largest absolute Gasteiger partial charge is 0.480 e. The Bertz CT molecular complexity index is 373. The highest BCUT2D eigenvalue weighted by molar-refractivity contribution is 5.78. The molecule has 1 amide bonds. The van der Waals surface area contributed by atoms with Crippen LogP contribution in [0.2, 0.25) is 0 Å². The van der Waals surface area contributed by atoms with Crippen molar-refractivity contribution in [2.45, 2.75) is 19.4 Å². The Labute approximate surface area is 88.7 Å². The van der Waals surface area contributed by atoms with Crippen molar-refractivity contribution in [2.75, 3.05) is 13.7 Å². The molecule has 1 aliphatic heterocycles. The molecule has 0 spiro atoms. The maximum absolute atomic E-state index is 11.5. The van der Waals surface area contributed by atoms with Crippen LogP contribution in [0.1, 0.15) is 18.5 Å². The van der Waals surface area contributed by atoms with E-state index in [9.17, 15) is 4.79 Å². The fraction of sp³-hybridized carbons (Fsp3) is 0.600. The lowest BCUT2D eigenvalue weighted by molar-refractivity contribution is -0.128. The number of rotatable bonds is 3. The minimum atomic E-state index is 0.221. The normalized spacial score (nSPS) is 16.1.